The summed E-state index contributed by atoms with van der Waals surface area (Å²) in [7, 11) is 0. The molecule has 0 unspecified atom stereocenters. The van der Waals surface area contributed by atoms with Crippen LogP contribution in [0.15, 0.2) is 35.3 Å². The van der Waals surface area contributed by atoms with Crippen molar-refractivity contribution in [2.24, 2.45) is 0 Å². The lowest BCUT2D eigenvalue weighted by molar-refractivity contribution is -0.193. The summed E-state index contributed by atoms with van der Waals surface area (Å²) in [6, 6.07) is 6.80. The monoisotopic (exact) mass is 633 g/mol. The van der Waals surface area contributed by atoms with Crippen molar-refractivity contribution in [1.82, 2.24) is 24.6 Å². The molecule has 0 radical (unpaired) electrons. The number of nitrogens with zero attached hydrogens (tertiary/aromatic N) is 5. The maximum absolute atomic E-state index is 13.2. The summed E-state index contributed by atoms with van der Waals surface area (Å²) in [5, 5.41) is 21.7. The summed E-state index contributed by atoms with van der Waals surface area (Å²) in [6.45, 7) is 5.16. The van der Waals surface area contributed by atoms with Crippen LogP contribution in [-0.2, 0) is 22.7 Å². The second kappa shape index (κ2) is 14.9. The Morgan fingerprint density at radius 2 is 1.57 bits per heavy atom. The average Bonchev–Trinajstić information content (AvgIpc) is 3.33. The largest absolute Gasteiger partial charge is 0.490 e. The molecule has 2 aromatic heterocycles. The van der Waals surface area contributed by atoms with Crippen LogP contribution < -0.4 is 21.5 Å². The first-order valence-electron chi connectivity index (χ1n) is 12.3. The Kier molecular flexibility index (Phi) is 11.8. The number of halogens is 6. The van der Waals surface area contributed by atoms with Gasteiger partial charge in [0.15, 0.2) is 5.78 Å². The molecule has 1 aliphatic heterocycles. The highest BCUT2D eigenvalue weighted by molar-refractivity contribution is 6.00. The number of aromatic nitrogens is 4. The molecule has 5 N–H and O–H groups in total. The van der Waals surface area contributed by atoms with Crippen LogP contribution in [0.4, 0.5) is 38.0 Å². The van der Waals surface area contributed by atoms with E-state index in [0.717, 1.165) is 30.9 Å². The van der Waals surface area contributed by atoms with Crippen LogP contribution in [0.5, 0.6) is 0 Å². The van der Waals surface area contributed by atoms with Crippen LogP contribution in [-0.4, -0.2) is 85.8 Å². The van der Waals surface area contributed by atoms with E-state index in [0.29, 0.717) is 34.8 Å². The molecule has 0 amide bonds. The molecule has 1 aromatic carbocycles. The van der Waals surface area contributed by atoms with Crippen molar-refractivity contribution < 1.29 is 50.9 Å². The van der Waals surface area contributed by atoms with E-state index in [-0.39, 0.29) is 17.9 Å². The van der Waals surface area contributed by atoms with E-state index in [1.807, 2.05) is 4.57 Å². The number of nitrogens with one attached hydrogen (secondary N) is 1. The molecule has 1 fully saturated rings. The summed E-state index contributed by atoms with van der Waals surface area (Å²) in [4.78, 5) is 50.5. The van der Waals surface area contributed by atoms with Crippen LogP contribution in [0.2, 0.25) is 0 Å². The first kappa shape index (κ1) is 35.1. The van der Waals surface area contributed by atoms with Gasteiger partial charge in [0.1, 0.15) is 17.6 Å². The van der Waals surface area contributed by atoms with E-state index in [2.05, 4.69) is 32.1 Å². The van der Waals surface area contributed by atoms with Gasteiger partial charge in [0.25, 0.3) is 5.56 Å². The summed E-state index contributed by atoms with van der Waals surface area (Å²) >= 11 is 0. The fourth-order valence-electron chi connectivity index (χ4n) is 3.57. The number of carbonyl (C=O) groups is 3. The van der Waals surface area contributed by atoms with Crippen molar-refractivity contribution in [3.63, 3.8) is 0 Å². The van der Waals surface area contributed by atoms with Gasteiger partial charge in [-0.3, -0.25) is 14.2 Å². The Balaban J connectivity index is 0.000000402. The number of carbonyl (C=O) groups excluding carboxylic acids is 1. The van der Waals surface area contributed by atoms with E-state index in [9.17, 15) is 35.9 Å². The summed E-state index contributed by atoms with van der Waals surface area (Å²) in [6.07, 6.45) is -8.64. The Morgan fingerprint density at radius 3 is 2.07 bits per heavy atom. The maximum Gasteiger partial charge on any atom is 0.490 e. The minimum Gasteiger partial charge on any atom is -0.475 e. The molecule has 3 aromatic rings. The summed E-state index contributed by atoms with van der Waals surface area (Å²) < 4.78 is 66.5. The lowest BCUT2D eigenvalue weighted by Gasteiger charge is -2.28. The molecule has 1 saturated heterocycles. The number of aliphatic carboxylic acids is 2. The van der Waals surface area contributed by atoms with Crippen LogP contribution in [0.25, 0.3) is 11.0 Å². The zero-order chi connectivity index (χ0) is 33.2. The van der Waals surface area contributed by atoms with Crippen molar-refractivity contribution in [1.29, 1.82) is 0 Å². The molecule has 0 saturated carbocycles. The Labute approximate surface area is 243 Å². The minimum atomic E-state index is -5.08. The number of nitrogens with two attached hydrogens (primary N) is 1. The quantitative estimate of drug-likeness (QED) is 0.139. The zero-order valence-electron chi connectivity index (χ0n) is 22.7. The molecule has 3 heterocycles. The number of hydrogen-bond acceptors (Lipinski definition) is 9. The van der Waals surface area contributed by atoms with E-state index in [1.165, 1.54) is 6.20 Å². The second-order valence-electron chi connectivity index (χ2n) is 8.62. The van der Waals surface area contributed by atoms with Gasteiger partial charge in [-0.2, -0.15) is 31.4 Å². The number of hydrogen-bond donors (Lipinski definition) is 4. The van der Waals surface area contributed by atoms with Gasteiger partial charge in [0.05, 0.1) is 12.7 Å². The third-order valence-electron chi connectivity index (χ3n) is 5.58. The molecule has 238 valence electrons. The molecular weight excluding hydrogens is 608 g/mol. The highest BCUT2D eigenvalue weighted by Crippen LogP contribution is 2.20. The normalized spacial score (nSPS) is 13.0. The molecular formula is C25H25F6N7O6. The van der Waals surface area contributed by atoms with Crippen LogP contribution >= 0.6 is 0 Å². The van der Waals surface area contributed by atoms with Crippen LogP contribution in [0.3, 0.4) is 0 Å². The van der Waals surface area contributed by atoms with Crippen molar-refractivity contribution in [2.75, 3.05) is 36.8 Å². The molecule has 0 atom stereocenters. The van der Waals surface area contributed by atoms with E-state index in [4.69, 9.17) is 25.5 Å². The number of Topliss-reactive ketones (excluding diaryl/α,β-unsaturated/α-hetero) is 1. The number of alkyl halides is 6. The van der Waals surface area contributed by atoms with Crippen molar-refractivity contribution in [3.8, 4) is 11.8 Å². The predicted molar refractivity (Wildman–Crippen MR) is 143 cm³/mol. The molecule has 44 heavy (non-hydrogen) atoms. The van der Waals surface area contributed by atoms with Gasteiger partial charge < -0.3 is 26.2 Å². The number of rotatable bonds is 5. The number of benzene rings is 1. The Bertz CT molecular complexity index is 1590. The van der Waals surface area contributed by atoms with Crippen molar-refractivity contribution in [3.05, 3.63) is 46.4 Å². The molecule has 0 aliphatic carbocycles. The summed E-state index contributed by atoms with van der Waals surface area (Å²) in [5.74, 6) is 0.805. The fraction of sp³-hybridized carbons (Fsp3) is 0.360. The minimum absolute atomic E-state index is 0.198. The number of anilines is 2. The molecule has 13 nitrogen and oxygen atoms in total. The number of nitrogen functional groups attached to an aromatic ring is 1. The van der Waals surface area contributed by atoms with Crippen molar-refractivity contribution in [2.45, 2.75) is 32.4 Å². The van der Waals surface area contributed by atoms with Gasteiger partial charge in [-0.05, 0) is 19.1 Å². The SMILES string of the molecule is CC#CCn1c(N2CCNCC2)nc2cnn(CC(=O)c3ccccc3N)c(=O)c21.O=C(O)C(F)(F)F.O=C(O)C(F)(F)F. The number of piperazine rings is 1. The number of fused-ring (bicyclic) bond motifs is 1. The first-order valence-corrected chi connectivity index (χ1v) is 12.3. The van der Waals surface area contributed by atoms with Gasteiger partial charge in [-0.15, -0.1) is 5.92 Å². The van der Waals surface area contributed by atoms with Crippen LogP contribution in [0.1, 0.15) is 17.3 Å². The van der Waals surface area contributed by atoms with Gasteiger partial charge in [0, 0.05) is 37.4 Å². The van der Waals surface area contributed by atoms with Crippen molar-refractivity contribution >= 4 is 40.4 Å². The smallest absolute Gasteiger partial charge is 0.475 e. The topological polar surface area (TPSA) is 186 Å². The standard InChI is InChI=1S/C21H23N7O2.2C2HF3O2/c1-2-3-10-27-19-17(25-21(27)26-11-8-23-9-12-26)13-24-28(20(19)30)14-18(29)15-6-4-5-7-16(15)22;2*3-2(4,5)1(6)7/h4-7,13,23H,8-12,14,22H2,1H3;2*(H,6,7). The molecule has 1 aliphatic rings. The third kappa shape index (κ3) is 9.45. The van der Waals surface area contributed by atoms with Gasteiger partial charge >= 0.3 is 24.3 Å². The molecule has 0 spiro atoms. The average molecular weight is 634 g/mol. The predicted octanol–water partition coefficient (Wildman–Crippen LogP) is 1.76. The third-order valence-corrected chi connectivity index (χ3v) is 5.58. The number of imidazole rings is 1. The zero-order valence-corrected chi connectivity index (χ0v) is 22.7. The number of ketones is 1. The van der Waals surface area contributed by atoms with Crippen LogP contribution in [0, 0.1) is 11.8 Å². The van der Waals surface area contributed by atoms with Gasteiger partial charge in [0.2, 0.25) is 5.95 Å². The van der Waals surface area contributed by atoms with E-state index < -0.39 is 24.3 Å². The fourth-order valence-corrected chi connectivity index (χ4v) is 3.57. The lowest BCUT2D eigenvalue weighted by atomic mass is 10.1. The number of para-hydroxylation sites is 1. The molecule has 19 heteroatoms. The van der Waals surface area contributed by atoms with Gasteiger partial charge in [-0.25, -0.2) is 19.3 Å². The van der Waals surface area contributed by atoms with E-state index in [1.54, 1.807) is 31.2 Å². The first-order chi connectivity index (χ1) is 20.5. The molecule has 4 rings (SSSR count). The lowest BCUT2D eigenvalue weighted by Crippen LogP contribution is -2.44. The number of carboxylic acid groups (broad SMARTS) is 2. The highest BCUT2D eigenvalue weighted by atomic mass is 19.4. The Morgan fingerprint density at radius 1 is 1.02 bits per heavy atom. The summed E-state index contributed by atoms with van der Waals surface area (Å²) in [5.41, 5.74) is 7.17. The number of carboxylic acids is 2. The maximum atomic E-state index is 13.2. The van der Waals surface area contributed by atoms with E-state index >= 15 is 0 Å². The highest BCUT2D eigenvalue weighted by Gasteiger charge is 2.38. The van der Waals surface area contributed by atoms with Gasteiger partial charge in [-0.1, -0.05) is 18.1 Å². The Hall–Kier alpha value is -5.12. The molecule has 0 bridgehead atoms. The second-order valence-corrected chi connectivity index (χ2v) is 8.62.